The molecule has 0 saturated carbocycles. The molecule has 0 rings (SSSR count). The minimum Gasteiger partial charge on any atom is -0.479 e. The molecule has 0 aliphatic heterocycles. The second-order valence-corrected chi connectivity index (χ2v) is 1.29. The number of carbonyl (C=O) groups is 2. The highest BCUT2D eigenvalue weighted by Crippen LogP contribution is 1.81. The van der Waals surface area contributed by atoms with Crippen molar-refractivity contribution in [2.45, 2.75) is 6.10 Å². The molecule has 0 aromatic rings. The number of Topliss-reactive ketones (excluding diaryl/α,β-unsaturated/α-hetero) is 1. The van der Waals surface area contributed by atoms with Gasteiger partial charge in [0, 0.05) is 0 Å². The van der Waals surface area contributed by atoms with Crippen LogP contribution in [0.1, 0.15) is 0 Å². The Bertz CT molecular complexity index is 153. The third-order valence-corrected chi connectivity index (χ3v) is 0.646. The Morgan fingerprint density at radius 2 is 2.00 bits per heavy atom. The van der Waals surface area contributed by atoms with Crippen LogP contribution >= 0.6 is 0 Å². The third-order valence-electron chi connectivity index (χ3n) is 0.646. The number of nitrogens with one attached hydrogen (secondary N) is 1. The van der Waals surface area contributed by atoms with E-state index in [0.717, 1.165) is 0 Å². The number of carbonyl (C=O) groups excluding carboxylic acids is 1. The monoisotopic (exact) mass is 131 g/mol. The fraction of sp³-hybridized carbons (Fsp3) is 0.250. The quantitative estimate of drug-likeness (QED) is 0.325. The van der Waals surface area contributed by atoms with Gasteiger partial charge >= 0.3 is 5.97 Å². The summed E-state index contributed by atoms with van der Waals surface area (Å²) < 4.78 is 0. The Balaban J connectivity index is 4.03. The number of rotatable bonds is 3. The Hall–Kier alpha value is -1.23. The van der Waals surface area contributed by atoms with Gasteiger partial charge in [0.1, 0.15) is 0 Å². The molecule has 0 aromatic carbocycles. The maximum Gasteiger partial charge on any atom is 0.340 e. The molecule has 0 amide bonds. The highest BCUT2D eigenvalue weighted by atomic mass is 16.4. The first-order valence-electron chi connectivity index (χ1n) is 2.04. The Morgan fingerprint density at radius 1 is 1.56 bits per heavy atom. The van der Waals surface area contributed by atoms with Crippen molar-refractivity contribution in [3.63, 3.8) is 0 Å². The first-order valence-corrected chi connectivity index (χ1v) is 2.04. The van der Waals surface area contributed by atoms with Crippen LogP contribution in [0.25, 0.3) is 0 Å². The van der Waals surface area contributed by atoms with E-state index in [1.807, 2.05) is 0 Å². The van der Waals surface area contributed by atoms with E-state index in [1.165, 1.54) is 0 Å². The third kappa shape index (κ3) is 2.00. The van der Waals surface area contributed by atoms with Gasteiger partial charge < -0.3 is 15.6 Å². The lowest BCUT2D eigenvalue weighted by atomic mass is 10.2. The maximum absolute atomic E-state index is 10.1. The maximum atomic E-state index is 10.1. The van der Waals surface area contributed by atoms with Crippen molar-refractivity contribution in [1.82, 2.24) is 0 Å². The van der Waals surface area contributed by atoms with E-state index in [9.17, 15) is 9.59 Å². The van der Waals surface area contributed by atoms with Crippen LogP contribution in [0.15, 0.2) is 0 Å². The molecule has 9 heavy (non-hydrogen) atoms. The summed E-state index contributed by atoms with van der Waals surface area (Å²) in [5.74, 6) is -2.76. The lowest BCUT2D eigenvalue weighted by Crippen LogP contribution is -2.29. The summed E-state index contributed by atoms with van der Waals surface area (Å²) in [5, 5.41) is 22.4. The lowest BCUT2D eigenvalue weighted by molar-refractivity contribution is -0.149. The molecule has 0 spiro atoms. The van der Waals surface area contributed by atoms with Crippen molar-refractivity contribution < 1.29 is 19.8 Å². The average molecular weight is 131 g/mol. The molecule has 5 nitrogen and oxygen atoms in total. The van der Waals surface area contributed by atoms with E-state index in [-0.39, 0.29) is 6.21 Å². The number of carboxylic acid groups (broad SMARTS) is 1. The molecule has 1 atom stereocenters. The van der Waals surface area contributed by atoms with Crippen molar-refractivity contribution in [1.29, 1.82) is 5.41 Å². The van der Waals surface area contributed by atoms with Crippen LogP contribution in [0.3, 0.4) is 0 Å². The first-order chi connectivity index (χ1) is 4.09. The van der Waals surface area contributed by atoms with E-state index >= 15 is 0 Å². The van der Waals surface area contributed by atoms with Gasteiger partial charge in [0.05, 0.1) is 6.21 Å². The predicted octanol–water partition coefficient (Wildman–Crippen LogP) is -1.35. The van der Waals surface area contributed by atoms with E-state index in [4.69, 9.17) is 15.6 Å². The lowest BCUT2D eigenvalue weighted by Gasteiger charge is -1.95. The summed E-state index contributed by atoms with van der Waals surface area (Å²) in [7, 11) is 0. The summed E-state index contributed by atoms with van der Waals surface area (Å²) in [4.78, 5) is 19.8. The highest BCUT2D eigenvalue weighted by Gasteiger charge is 2.19. The van der Waals surface area contributed by atoms with Crippen molar-refractivity contribution in [3.8, 4) is 0 Å². The van der Waals surface area contributed by atoms with Gasteiger partial charge in [-0.25, -0.2) is 4.79 Å². The molecule has 0 bridgehead atoms. The number of aliphatic hydroxyl groups excluding tert-OH is 1. The summed E-state index contributed by atoms with van der Waals surface area (Å²) in [5.41, 5.74) is 0. The van der Waals surface area contributed by atoms with Gasteiger partial charge in [0.2, 0.25) is 11.9 Å². The van der Waals surface area contributed by atoms with Crippen LogP contribution in [-0.2, 0) is 9.59 Å². The van der Waals surface area contributed by atoms with Gasteiger partial charge in [-0.15, -0.1) is 0 Å². The number of hydrogen-bond donors (Lipinski definition) is 3. The fourth-order valence-electron chi connectivity index (χ4n) is 0.201. The molecule has 3 N–H and O–H groups in total. The molecule has 50 valence electrons. The van der Waals surface area contributed by atoms with Crippen molar-refractivity contribution in [3.05, 3.63) is 0 Å². The zero-order valence-corrected chi connectivity index (χ0v) is 4.37. The van der Waals surface area contributed by atoms with E-state index in [2.05, 4.69) is 0 Å². The summed E-state index contributed by atoms with van der Waals surface area (Å²) in [6, 6.07) is 0. The number of carboxylic acids is 1. The molecular formula is C4H5NO4. The van der Waals surface area contributed by atoms with Crippen LogP contribution in [0.4, 0.5) is 0 Å². The molecular weight excluding hydrogens is 126 g/mol. The van der Waals surface area contributed by atoms with Gasteiger partial charge in [-0.05, 0) is 0 Å². The number of ketones is 1. The molecule has 0 aromatic heterocycles. The van der Waals surface area contributed by atoms with Gasteiger partial charge in [0.25, 0.3) is 0 Å². The van der Waals surface area contributed by atoms with Crippen molar-refractivity contribution in [2.75, 3.05) is 0 Å². The summed E-state index contributed by atoms with van der Waals surface area (Å²) in [6.45, 7) is 0. The number of hydrogen-bond acceptors (Lipinski definition) is 4. The van der Waals surface area contributed by atoms with Gasteiger partial charge in [-0.1, -0.05) is 0 Å². The minimum atomic E-state index is -2.08. The molecule has 0 aliphatic rings. The van der Waals surface area contributed by atoms with Gasteiger partial charge in [-0.2, -0.15) is 0 Å². The van der Waals surface area contributed by atoms with Crippen molar-refractivity contribution >= 4 is 18.0 Å². The zero-order chi connectivity index (χ0) is 7.44. The van der Waals surface area contributed by atoms with Gasteiger partial charge in [0.15, 0.2) is 0 Å². The smallest absolute Gasteiger partial charge is 0.340 e. The van der Waals surface area contributed by atoms with Crippen LogP contribution in [-0.4, -0.2) is 34.3 Å². The van der Waals surface area contributed by atoms with Crippen LogP contribution in [0.5, 0.6) is 0 Å². The topological polar surface area (TPSA) is 98.5 Å². The molecule has 1 unspecified atom stereocenters. The summed E-state index contributed by atoms with van der Waals surface area (Å²) >= 11 is 0. The van der Waals surface area contributed by atoms with Crippen LogP contribution < -0.4 is 0 Å². The number of aliphatic hydroxyl groups is 1. The largest absolute Gasteiger partial charge is 0.479 e. The highest BCUT2D eigenvalue weighted by molar-refractivity contribution is 6.32. The Morgan fingerprint density at radius 3 is 2.11 bits per heavy atom. The number of aliphatic carboxylic acids is 1. The normalized spacial score (nSPS) is 12.1. The molecule has 0 heterocycles. The second kappa shape index (κ2) is 2.93. The first kappa shape index (κ1) is 7.77. The van der Waals surface area contributed by atoms with Crippen LogP contribution in [0.2, 0.25) is 0 Å². The Labute approximate surface area is 50.4 Å². The predicted molar refractivity (Wildman–Crippen MR) is 27.4 cm³/mol. The zero-order valence-electron chi connectivity index (χ0n) is 4.37. The minimum absolute atomic E-state index is 0.263. The SMILES string of the molecule is N=CC(=O)C(O)C(=O)O. The van der Waals surface area contributed by atoms with E-state index in [1.54, 1.807) is 0 Å². The standard InChI is InChI=1S/C4H5NO4/c5-1-2(6)3(7)4(8)9/h1,3,5,7H,(H,8,9). The van der Waals surface area contributed by atoms with Crippen LogP contribution in [0, 0.1) is 5.41 Å². The van der Waals surface area contributed by atoms with Gasteiger partial charge in [-0.3, -0.25) is 4.79 Å². The molecule has 5 heteroatoms. The molecule has 0 saturated heterocycles. The molecule has 0 fully saturated rings. The van der Waals surface area contributed by atoms with Crippen molar-refractivity contribution in [2.24, 2.45) is 0 Å². The second-order valence-electron chi connectivity index (χ2n) is 1.29. The summed E-state index contributed by atoms with van der Waals surface area (Å²) in [6.07, 6.45) is -1.82. The average Bonchev–Trinajstić information content (AvgIpc) is 1.84. The Kier molecular flexibility index (Phi) is 2.53. The molecule has 0 aliphatic carbocycles. The molecule has 0 radical (unpaired) electrons. The van der Waals surface area contributed by atoms with E-state index < -0.39 is 17.9 Å². The van der Waals surface area contributed by atoms with E-state index in [0.29, 0.717) is 0 Å². The fourth-order valence-corrected chi connectivity index (χ4v) is 0.201.